The summed E-state index contributed by atoms with van der Waals surface area (Å²) < 4.78 is 40.9. The second-order valence-corrected chi connectivity index (χ2v) is 9.82. The van der Waals surface area contributed by atoms with E-state index in [0.29, 0.717) is 50.9 Å². The van der Waals surface area contributed by atoms with Crippen molar-refractivity contribution in [2.24, 2.45) is 0 Å². The average Bonchev–Trinajstić information content (AvgIpc) is 2.95. The molecule has 0 atom stereocenters. The number of hydrogen-bond acceptors (Lipinski definition) is 8. The lowest BCUT2D eigenvalue weighted by atomic mass is 10.0. The van der Waals surface area contributed by atoms with Crippen LogP contribution in [-0.4, -0.2) is 67.6 Å². The molecule has 2 aliphatic heterocycles. The number of benzene rings is 1. The lowest BCUT2D eigenvalue weighted by molar-refractivity contribution is 0.122. The molecular formula is C29H30F2N6O2. The minimum Gasteiger partial charge on any atom is -0.378 e. The van der Waals surface area contributed by atoms with Crippen LogP contribution in [0.4, 0.5) is 31.7 Å². The molecule has 0 bridgehead atoms. The maximum atomic E-state index is 15.4. The van der Waals surface area contributed by atoms with Crippen molar-refractivity contribution in [2.75, 3.05) is 67.7 Å². The van der Waals surface area contributed by atoms with E-state index < -0.39 is 11.6 Å². The van der Waals surface area contributed by atoms with Gasteiger partial charge in [-0.05, 0) is 37.6 Å². The lowest BCUT2D eigenvalue weighted by Crippen LogP contribution is -2.38. The minimum atomic E-state index is -0.677. The van der Waals surface area contributed by atoms with Gasteiger partial charge in [-0.2, -0.15) is 0 Å². The molecule has 8 nitrogen and oxygen atoms in total. The summed E-state index contributed by atoms with van der Waals surface area (Å²) in [4.78, 5) is 18.2. The minimum absolute atomic E-state index is 0.230. The summed E-state index contributed by atoms with van der Waals surface area (Å²) in [5, 5.41) is 3.75. The normalized spacial score (nSPS) is 16.1. The van der Waals surface area contributed by atoms with Crippen LogP contribution in [0.25, 0.3) is 22.2 Å². The number of aromatic nitrogens is 3. The van der Waals surface area contributed by atoms with Crippen molar-refractivity contribution >= 4 is 33.8 Å². The van der Waals surface area contributed by atoms with E-state index in [1.165, 1.54) is 6.07 Å². The third-order valence-corrected chi connectivity index (χ3v) is 7.22. The van der Waals surface area contributed by atoms with Gasteiger partial charge < -0.3 is 24.6 Å². The SMILES string of the molecule is Cc1cc(-c2nc3cc(F)cc(F)c3c(Nc3cc(N4CCOCC4)cnc3N3CCOCC3)c2C)ccn1. The maximum absolute atomic E-state index is 15.4. The molecule has 0 spiro atoms. The Morgan fingerprint density at radius 1 is 0.872 bits per heavy atom. The molecule has 2 saturated heterocycles. The molecule has 0 unspecified atom stereocenters. The molecule has 0 saturated carbocycles. The molecule has 0 amide bonds. The molecule has 4 aromatic rings. The van der Waals surface area contributed by atoms with E-state index in [-0.39, 0.29) is 10.9 Å². The molecular weight excluding hydrogens is 502 g/mol. The number of hydrogen-bond donors (Lipinski definition) is 1. The standard InChI is InChI=1S/C29H30F2N6O2/c1-18-13-20(3-4-32-18)27-19(2)28(26-23(31)14-21(30)15-24(26)34-27)35-25-16-22(36-5-9-38-10-6-36)17-33-29(25)37-7-11-39-12-8-37/h3-4,13-17H,5-12H2,1-2H3,(H,34,35). The van der Waals surface area contributed by atoms with Crippen molar-refractivity contribution in [3.63, 3.8) is 0 Å². The van der Waals surface area contributed by atoms with Crippen LogP contribution in [0.3, 0.4) is 0 Å². The first-order valence-corrected chi connectivity index (χ1v) is 13.1. The number of morpholine rings is 2. The Bertz CT molecular complexity index is 1520. The van der Waals surface area contributed by atoms with Gasteiger partial charge in [0, 0.05) is 55.8 Å². The van der Waals surface area contributed by atoms with Crippen LogP contribution in [0, 0.1) is 25.5 Å². The van der Waals surface area contributed by atoms with Crippen LogP contribution in [0.15, 0.2) is 42.7 Å². The zero-order chi connectivity index (χ0) is 26.9. The van der Waals surface area contributed by atoms with E-state index in [4.69, 9.17) is 19.4 Å². The van der Waals surface area contributed by atoms with Crippen LogP contribution in [-0.2, 0) is 9.47 Å². The predicted octanol–water partition coefficient (Wildman–Crippen LogP) is 5.00. The van der Waals surface area contributed by atoms with E-state index in [1.807, 2.05) is 38.2 Å². The van der Waals surface area contributed by atoms with Gasteiger partial charge in [-0.25, -0.2) is 18.7 Å². The van der Waals surface area contributed by atoms with Crippen LogP contribution in [0.2, 0.25) is 0 Å². The number of pyridine rings is 3. The zero-order valence-electron chi connectivity index (χ0n) is 22.0. The Hall–Kier alpha value is -3.89. The van der Waals surface area contributed by atoms with Gasteiger partial charge in [0.25, 0.3) is 0 Å². The Kier molecular flexibility index (Phi) is 6.97. The number of fused-ring (bicyclic) bond motifs is 1. The summed E-state index contributed by atoms with van der Waals surface area (Å²) in [5.74, 6) is -0.599. The highest BCUT2D eigenvalue weighted by molar-refractivity contribution is 5.99. The van der Waals surface area contributed by atoms with Crippen LogP contribution in [0.5, 0.6) is 0 Å². The molecule has 0 radical (unpaired) electrons. The summed E-state index contributed by atoms with van der Waals surface area (Å²) in [7, 11) is 0. The van der Waals surface area contributed by atoms with Crippen LogP contribution in [0.1, 0.15) is 11.3 Å². The fourth-order valence-corrected chi connectivity index (χ4v) is 5.23. The molecule has 5 heterocycles. The number of anilines is 4. The zero-order valence-corrected chi connectivity index (χ0v) is 22.0. The van der Waals surface area contributed by atoms with Gasteiger partial charge in [-0.3, -0.25) is 4.98 Å². The molecule has 6 rings (SSSR count). The molecule has 0 aliphatic carbocycles. The number of ether oxygens (including phenoxy) is 2. The Morgan fingerprint density at radius 3 is 2.31 bits per heavy atom. The first-order valence-electron chi connectivity index (χ1n) is 13.1. The highest BCUT2D eigenvalue weighted by Crippen LogP contribution is 2.39. The molecule has 2 fully saturated rings. The van der Waals surface area contributed by atoms with Gasteiger partial charge in [0.1, 0.15) is 11.6 Å². The van der Waals surface area contributed by atoms with E-state index in [1.54, 1.807) is 6.20 Å². The van der Waals surface area contributed by atoms with Gasteiger partial charge in [-0.15, -0.1) is 0 Å². The quantitative estimate of drug-likeness (QED) is 0.385. The Balaban J connectivity index is 1.53. The van der Waals surface area contributed by atoms with Gasteiger partial charge in [0.15, 0.2) is 5.82 Å². The van der Waals surface area contributed by atoms with Crippen molar-refractivity contribution in [2.45, 2.75) is 13.8 Å². The topological polar surface area (TPSA) is 75.6 Å². The van der Waals surface area contributed by atoms with E-state index in [2.05, 4.69) is 20.1 Å². The predicted molar refractivity (Wildman–Crippen MR) is 148 cm³/mol. The van der Waals surface area contributed by atoms with Crippen molar-refractivity contribution in [3.8, 4) is 11.3 Å². The average molecular weight is 533 g/mol. The molecule has 10 heteroatoms. The number of nitrogens with one attached hydrogen (secondary N) is 1. The maximum Gasteiger partial charge on any atom is 0.152 e. The number of rotatable bonds is 5. The number of halogens is 2. The fourth-order valence-electron chi connectivity index (χ4n) is 5.23. The van der Waals surface area contributed by atoms with Crippen molar-refractivity contribution in [1.82, 2.24) is 15.0 Å². The first kappa shape index (κ1) is 25.4. The summed E-state index contributed by atoms with van der Waals surface area (Å²) >= 11 is 0. The second-order valence-electron chi connectivity index (χ2n) is 9.82. The van der Waals surface area contributed by atoms with Gasteiger partial charge >= 0.3 is 0 Å². The van der Waals surface area contributed by atoms with Crippen LogP contribution < -0.4 is 15.1 Å². The third-order valence-electron chi connectivity index (χ3n) is 7.22. The van der Waals surface area contributed by atoms with Gasteiger partial charge in [0.2, 0.25) is 0 Å². The Labute approximate surface area is 225 Å². The van der Waals surface area contributed by atoms with E-state index in [9.17, 15) is 4.39 Å². The summed E-state index contributed by atoms with van der Waals surface area (Å²) in [5.41, 5.74) is 5.46. The molecule has 39 heavy (non-hydrogen) atoms. The molecule has 2 aliphatic rings. The summed E-state index contributed by atoms with van der Waals surface area (Å²) in [6.45, 7) is 9.19. The van der Waals surface area contributed by atoms with E-state index in [0.717, 1.165) is 53.2 Å². The number of nitrogens with zero attached hydrogens (tertiary/aromatic N) is 5. The van der Waals surface area contributed by atoms with E-state index >= 15 is 4.39 Å². The van der Waals surface area contributed by atoms with Crippen molar-refractivity contribution in [3.05, 3.63) is 65.6 Å². The third kappa shape index (κ3) is 5.09. The fraction of sp³-hybridized carbons (Fsp3) is 0.345. The van der Waals surface area contributed by atoms with Crippen molar-refractivity contribution in [1.29, 1.82) is 0 Å². The molecule has 1 aromatic carbocycles. The largest absolute Gasteiger partial charge is 0.378 e. The highest BCUT2D eigenvalue weighted by atomic mass is 19.1. The molecule has 1 N–H and O–H groups in total. The van der Waals surface area contributed by atoms with Crippen molar-refractivity contribution < 1.29 is 18.3 Å². The van der Waals surface area contributed by atoms with Crippen LogP contribution >= 0.6 is 0 Å². The summed E-state index contributed by atoms with van der Waals surface area (Å²) in [6, 6.07) is 7.99. The molecule has 202 valence electrons. The van der Waals surface area contributed by atoms with Gasteiger partial charge in [0.05, 0.1) is 66.3 Å². The summed E-state index contributed by atoms with van der Waals surface area (Å²) in [6.07, 6.45) is 3.58. The highest BCUT2D eigenvalue weighted by Gasteiger charge is 2.23. The second kappa shape index (κ2) is 10.7. The van der Waals surface area contributed by atoms with Gasteiger partial charge in [-0.1, -0.05) is 0 Å². The monoisotopic (exact) mass is 532 g/mol. The smallest absolute Gasteiger partial charge is 0.152 e. The molecule has 3 aromatic heterocycles. The first-order chi connectivity index (χ1) is 19.0. The Morgan fingerprint density at radius 2 is 1.59 bits per heavy atom. The lowest BCUT2D eigenvalue weighted by Gasteiger charge is -2.32. The number of aryl methyl sites for hydroxylation is 1.